The number of rotatable bonds is 2. The van der Waals surface area contributed by atoms with Gasteiger partial charge in [0, 0.05) is 6.04 Å². The molecule has 0 saturated carbocycles. The monoisotopic (exact) mass is 206 g/mol. The fourth-order valence-corrected chi connectivity index (χ4v) is 1.46. The molecular formula is C9H19ClN2O. The van der Waals surface area contributed by atoms with Crippen LogP contribution >= 0.6 is 12.4 Å². The molecule has 3 nitrogen and oxygen atoms in total. The van der Waals surface area contributed by atoms with Crippen molar-refractivity contribution < 1.29 is 4.79 Å². The molecule has 1 amide bonds. The third-order valence-corrected chi connectivity index (χ3v) is 2.06. The lowest BCUT2D eigenvalue weighted by molar-refractivity contribution is -0.124. The summed E-state index contributed by atoms with van der Waals surface area (Å²) in [5.74, 6) is 0.157. The van der Waals surface area contributed by atoms with E-state index in [-0.39, 0.29) is 30.4 Å². The van der Waals surface area contributed by atoms with Gasteiger partial charge in [-0.3, -0.25) is 4.79 Å². The highest BCUT2D eigenvalue weighted by molar-refractivity contribution is 5.85. The fraction of sp³-hybridized carbons (Fsp3) is 0.889. The zero-order chi connectivity index (χ0) is 8.97. The maximum atomic E-state index is 11.4. The summed E-state index contributed by atoms with van der Waals surface area (Å²) < 4.78 is 0. The average Bonchev–Trinajstić information content (AvgIpc) is 2.05. The Morgan fingerprint density at radius 1 is 1.46 bits per heavy atom. The SMILES string of the molecule is CC(C)NC(=O)C1CCCCN1.Cl. The minimum atomic E-state index is 0. The van der Waals surface area contributed by atoms with E-state index in [2.05, 4.69) is 10.6 Å². The zero-order valence-corrected chi connectivity index (χ0v) is 9.12. The van der Waals surface area contributed by atoms with Crippen molar-refractivity contribution in [3.63, 3.8) is 0 Å². The Labute approximate surface area is 86.1 Å². The van der Waals surface area contributed by atoms with Gasteiger partial charge in [-0.2, -0.15) is 0 Å². The zero-order valence-electron chi connectivity index (χ0n) is 8.30. The smallest absolute Gasteiger partial charge is 0.237 e. The van der Waals surface area contributed by atoms with E-state index in [9.17, 15) is 4.79 Å². The van der Waals surface area contributed by atoms with Crippen molar-refractivity contribution in [3.05, 3.63) is 0 Å². The Kier molecular flexibility index (Phi) is 6.08. The van der Waals surface area contributed by atoms with Crippen molar-refractivity contribution in [1.29, 1.82) is 0 Å². The van der Waals surface area contributed by atoms with E-state index in [1.807, 2.05) is 13.8 Å². The van der Waals surface area contributed by atoms with Crippen LogP contribution in [0.4, 0.5) is 0 Å². The minimum Gasteiger partial charge on any atom is -0.353 e. The lowest BCUT2D eigenvalue weighted by Crippen LogP contribution is -2.48. The van der Waals surface area contributed by atoms with E-state index in [1.54, 1.807) is 0 Å². The van der Waals surface area contributed by atoms with Crippen molar-refractivity contribution >= 4 is 18.3 Å². The van der Waals surface area contributed by atoms with Crippen LogP contribution < -0.4 is 10.6 Å². The Hall–Kier alpha value is -0.280. The van der Waals surface area contributed by atoms with Crippen molar-refractivity contribution in [3.8, 4) is 0 Å². The van der Waals surface area contributed by atoms with Gasteiger partial charge < -0.3 is 10.6 Å². The number of carbonyl (C=O) groups is 1. The molecule has 1 aliphatic heterocycles. The third-order valence-electron chi connectivity index (χ3n) is 2.06. The normalized spacial score (nSPS) is 22.2. The number of piperidine rings is 1. The maximum Gasteiger partial charge on any atom is 0.237 e. The molecule has 0 radical (unpaired) electrons. The van der Waals surface area contributed by atoms with Crippen LogP contribution in [0.15, 0.2) is 0 Å². The first-order chi connectivity index (χ1) is 5.70. The quantitative estimate of drug-likeness (QED) is 0.710. The Morgan fingerprint density at radius 2 is 2.15 bits per heavy atom. The standard InChI is InChI=1S/C9H18N2O.ClH/c1-7(2)11-9(12)8-5-3-4-6-10-8;/h7-8,10H,3-6H2,1-2H3,(H,11,12);1H. The van der Waals surface area contributed by atoms with Gasteiger partial charge in [-0.25, -0.2) is 0 Å². The molecule has 0 aromatic rings. The first-order valence-corrected chi connectivity index (χ1v) is 4.74. The number of hydrogen-bond acceptors (Lipinski definition) is 2. The molecule has 0 aliphatic carbocycles. The molecule has 0 aromatic carbocycles. The molecule has 1 rings (SSSR count). The van der Waals surface area contributed by atoms with E-state index < -0.39 is 0 Å². The summed E-state index contributed by atoms with van der Waals surface area (Å²) in [6.07, 6.45) is 3.35. The van der Waals surface area contributed by atoms with Crippen LogP contribution in [0.2, 0.25) is 0 Å². The number of hydrogen-bond donors (Lipinski definition) is 2. The molecule has 0 aromatic heterocycles. The van der Waals surface area contributed by atoms with Crippen LogP contribution in [-0.2, 0) is 4.79 Å². The van der Waals surface area contributed by atoms with Gasteiger partial charge in [0.15, 0.2) is 0 Å². The Balaban J connectivity index is 0.00000144. The van der Waals surface area contributed by atoms with E-state index in [4.69, 9.17) is 0 Å². The maximum absolute atomic E-state index is 11.4. The number of halogens is 1. The molecule has 4 heteroatoms. The summed E-state index contributed by atoms with van der Waals surface area (Å²) >= 11 is 0. The number of nitrogens with one attached hydrogen (secondary N) is 2. The molecule has 1 heterocycles. The number of amides is 1. The lowest BCUT2D eigenvalue weighted by Gasteiger charge is -2.23. The second-order valence-corrected chi connectivity index (χ2v) is 3.67. The van der Waals surface area contributed by atoms with Gasteiger partial charge in [0.25, 0.3) is 0 Å². The largest absolute Gasteiger partial charge is 0.353 e. The molecule has 1 aliphatic rings. The highest BCUT2D eigenvalue weighted by Gasteiger charge is 2.20. The van der Waals surface area contributed by atoms with E-state index in [0.29, 0.717) is 0 Å². The van der Waals surface area contributed by atoms with Crippen molar-refractivity contribution in [2.24, 2.45) is 0 Å². The van der Waals surface area contributed by atoms with Gasteiger partial charge in [0.05, 0.1) is 6.04 Å². The third kappa shape index (κ3) is 4.48. The molecule has 1 unspecified atom stereocenters. The van der Waals surface area contributed by atoms with Crippen LogP contribution in [0.5, 0.6) is 0 Å². The summed E-state index contributed by atoms with van der Waals surface area (Å²) in [6.45, 7) is 4.96. The Bertz CT molecular complexity index is 156. The van der Waals surface area contributed by atoms with Gasteiger partial charge >= 0.3 is 0 Å². The highest BCUT2D eigenvalue weighted by Crippen LogP contribution is 2.06. The van der Waals surface area contributed by atoms with Gasteiger partial charge in [-0.15, -0.1) is 12.4 Å². The number of carbonyl (C=O) groups excluding carboxylic acids is 1. The summed E-state index contributed by atoms with van der Waals surface area (Å²) in [5.41, 5.74) is 0. The van der Waals surface area contributed by atoms with Crippen LogP contribution in [0.1, 0.15) is 33.1 Å². The first-order valence-electron chi connectivity index (χ1n) is 4.74. The van der Waals surface area contributed by atoms with E-state index in [0.717, 1.165) is 13.0 Å². The van der Waals surface area contributed by atoms with Crippen molar-refractivity contribution in [2.45, 2.75) is 45.2 Å². The summed E-state index contributed by atoms with van der Waals surface area (Å²) in [7, 11) is 0. The molecule has 1 fully saturated rings. The summed E-state index contributed by atoms with van der Waals surface area (Å²) in [4.78, 5) is 11.4. The second kappa shape index (κ2) is 6.22. The Morgan fingerprint density at radius 3 is 2.62 bits per heavy atom. The summed E-state index contributed by atoms with van der Waals surface area (Å²) in [6, 6.07) is 0.308. The topological polar surface area (TPSA) is 41.1 Å². The van der Waals surface area contributed by atoms with Crippen LogP contribution in [0, 0.1) is 0 Å². The lowest BCUT2D eigenvalue weighted by atomic mass is 10.0. The minimum absolute atomic E-state index is 0. The predicted molar refractivity (Wildman–Crippen MR) is 56.2 cm³/mol. The molecule has 1 atom stereocenters. The molecular weight excluding hydrogens is 188 g/mol. The van der Waals surface area contributed by atoms with Gasteiger partial charge in [-0.05, 0) is 33.2 Å². The first kappa shape index (κ1) is 12.7. The average molecular weight is 207 g/mol. The van der Waals surface area contributed by atoms with Crippen molar-refractivity contribution in [2.75, 3.05) is 6.54 Å². The van der Waals surface area contributed by atoms with Gasteiger partial charge in [0.1, 0.15) is 0 Å². The van der Waals surface area contributed by atoms with Crippen LogP contribution in [0.25, 0.3) is 0 Å². The molecule has 0 spiro atoms. The molecule has 13 heavy (non-hydrogen) atoms. The van der Waals surface area contributed by atoms with Crippen LogP contribution in [-0.4, -0.2) is 24.5 Å². The highest BCUT2D eigenvalue weighted by atomic mass is 35.5. The predicted octanol–water partition coefficient (Wildman–Crippen LogP) is 1.07. The van der Waals surface area contributed by atoms with E-state index in [1.165, 1.54) is 12.8 Å². The fourth-order valence-electron chi connectivity index (χ4n) is 1.46. The summed E-state index contributed by atoms with van der Waals surface area (Å²) in [5, 5.41) is 6.12. The van der Waals surface area contributed by atoms with Crippen LogP contribution in [0.3, 0.4) is 0 Å². The molecule has 1 saturated heterocycles. The van der Waals surface area contributed by atoms with E-state index >= 15 is 0 Å². The van der Waals surface area contributed by atoms with Gasteiger partial charge in [0.2, 0.25) is 5.91 Å². The van der Waals surface area contributed by atoms with Gasteiger partial charge in [-0.1, -0.05) is 6.42 Å². The van der Waals surface area contributed by atoms with Crippen molar-refractivity contribution in [1.82, 2.24) is 10.6 Å². The molecule has 78 valence electrons. The molecule has 2 N–H and O–H groups in total. The molecule has 0 bridgehead atoms. The second-order valence-electron chi connectivity index (χ2n) is 3.67.